The lowest BCUT2D eigenvalue weighted by Crippen LogP contribution is -2.51. The van der Waals surface area contributed by atoms with Crippen LogP contribution in [0.4, 0.5) is 0 Å². The summed E-state index contributed by atoms with van der Waals surface area (Å²) in [5.74, 6) is 2.13. The van der Waals surface area contributed by atoms with E-state index in [0.29, 0.717) is 19.6 Å². The van der Waals surface area contributed by atoms with Crippen molar-refractivity contribution in [3.8, 4) is 0 Å². The number of ether oxygens (including phenoxy) is 2. The van der Waals surface area contributed by atoms with Gasteiger partial charge >= 0.3 is 0 Å². The van der Waals surface area contributed by atoms with Gasteiger partial charge in [-0.2, -0.15) is 0 Å². The molecule has 1 fully saturated rings. The highest BCUT2D eigenvalue weighted by molar-refractivity contribution is 5.76. The molecule has 1 aromatic carbocycles. The zero-order valence-electron chi connectivity index (χ0n) is 19.6. The van der Waals surface area contributed by atoms with E-state index in [1.165, 1.54) is 11.1 Å². The van der Waals surface area contributed by atoms with E-state index < -0.39 is 0 Å². The maximum atomic E-state index is 12.4. The number of likely N-dealkylation sites (tertiary alicyclic amines) is 1. The number of nitrogens with one attached hydrogen (secondary N) is 1. The molecule has 1 aliphatic heterocycles. The van der Waals surface area contributed by atoms with Crippen molar-refractivity contribution in [2.24, 2.45) is 0 Å². The second-order valence-corrected chi connectivity index (χ2v) is 8.92. The lowest BCUT2D eigenvalue weighted by Gasteiger charge is -2.44. The lowest BCUT2D eigenvalue weighted by molar-refractivity contribution is -0.124. The van der Waals surface area contributed by atoms with Crippen molar-refractivity contribution in [2.45, 2.75) is 63.6 Å². The van der Waals surface area contributed by atoms with E-state index in [9.17, 15) is 4.79 Å². The third kappa shape index (κ3) is 4.49. The summed E-state index contributed by atoms with van der Waals surface area (Å²) >= 11 is 0. The number of hydrogen-bond acceptors (Lipinski definition) is 5. The predicted molar refractivity (Wildman–Crippen MR) is 124 cm³/mol. The number of fused-ring (bicyclic) bond motifs is 2. The fourth-order valence-electron chi connectivity index (χ4n) is 5.38. The molecule has 6 heteroatoms. The van der Waals surface area contributed by atoms with Crippen molar-refractivity contribution in [2.75, 3.05) is 33.4 Å². The first-order valence-corrected chi connectivity index (χ1v) is 11.9. The Kier molecular flexibility index (Phi) is 7.33. The molecule has 1 amide bonds. The Balaban J connectivity index is 1.56. The monoisotopic (exact) mass is 440 g/mol. The van der Waals surface area contributed by atoms with E-state index in [1.54, 1.807) is 7.11 Å². The number of rotatable bonds is 9. The third-order valence-electron chi connectivity index (χ3n) is 7.10. The molecule has 0 radical (unpaired) electrons. The summed E-state index contributed by atoms with van der Waals surface area (Å²) in [7, 11) is 1.69. The maximum absolute atomic E-state index is 12.4. The zero-order chi connectivity index (χ0) is 22.6. The molecule has 6 nitrogen and oxygen atoms in total. The summed E-state index contributed by atoms with van der Waals surface area (Å²) in [6.07, 6.45) is 3.27. The summed E-state index contributed by atoms with van der Waals surface area (Å²) in [5, 5.41) is 3.26. The number of carbonyl (C=O) groups is 1. The van der Waals surface area contributed by atoms with Crippen LogP contribution in [0.1, 0.15) is 61.8 Å². The normalized spacial score (nSPS) is 22.2. The van der Waals surface area contributed by atoms with Crippen LogP contribution in [0.15, 0.2) is 40.8 Å². The number of aryl methyl sites for hydroxylation is 1. The van der Waals surface area contributed by atoms with Crippen molar-refractivity contribution >= 4 is 5.91 Å². The maximum Gasteiger partial charge on any atom is 0.220 e. The Hall–Kier alpha value is -2.15. The smallest absolute Gasteiger partial charge is 0.220 e. The number of benzene rings is 1. The van der Waals surface area contributed by atoms with Gasteiger partial charge in [0, 0.05) is 25.4 Å². The zero-order valence-corrected chi connectivity index (χ0v) is 19.6. The van der Waals surface area contributed by atoms with Gasteiger partial charge in [-0.05, 0) is 49.2 Å². The van der Waals surface area contributed by atoms with Gasteiger partial charge in [0.05, 0.1) is 31.9 Å². The molecule has 0 unspecified atom stereocenters. The molecule has 1 saturated heterocycles. The number of methoxy groups -OCH3 is 1. The van der Waals surface area contributed by atoms with Crippen molar-refractivity contribution in [1.82, 2.24) is 10.2 Å². The third-order valence-corrected chi connectivity index (χ3v) is 7.10. The predicted octanol–water partition coefficient (Wildman–Crippen LogP) is 3.99. The molecule has 2 heterocycles. The molecule has 2 atom stereocenters. The number of piperidine rings is 1. The summed E-state index contributed by atoms with van der Waals surface area (Å²) in [6.45, 7) is 7.84. The molecule has 0 bridgehead atoms. The van der Waals surface area contributed by atoms with E-state index in [0.717, 1.165) is 50.4 Å². The van der Waals surface area contributed by atoms with E-state index in [1.807, 2.05) is 6.92 Å². The lowest BCUT2D eigenvalue weighted by atomic mass is 9.71. The van der Waals surface area contributed by atoms with Crippen LogP contribution in [0.5, 0.6) is 0 Å². The van der Waals surface area contributed by atoms with Gasteiger partial charge in [-0.15, -0.1) is 0 Å². The van der Waals surface area contributed by atoms with Crippen LogP contribution in [0.3, 0.4) is 0 Å². The average Bonchev–Trinajstić information content (AvgIpc) is 3.37. The van der Waals surface area contributed by atoms with Crippen LogP contribution in [-0.4, -0.2) is 50.3 Å². The Morgan fingerprint density at radius 1 is 1.12 bits per heavy atom. The van der Waals surface area contributed by atoms with Crippen molar-refractivity contribution in [3.63, 3.8) is 0 Å². The topological polar surface area (TPSA) is 63.9 Å². The van der Waals surface area contributed by atoms with Crippen LogP contribution in [-0.2, 0) is 32.6 Å². The Bertz CT molecular complexity index is 901. The summed E-state index contributed by atoms with van der Waals surface area (Å²) in [5.41, 5.74) is 2.42. The fourth-order valence-corrected chi connectivity index (χ4v) is 5.38. The fraction of sp³-hybridized carbons (Fsp3) is 0.577. The summed E-state index contributed by atoms with van der Waals surface area (Å²) < 4.78 is 17.7. The van der Waals surface area contributed by atoms with Gasteiger partial charge in [-0.3, -0.25) is 9.69 Å². The van der Waals surface area contributed by atoms with Gasteiger partial charge < -0.3 is 19.2 Å². The minimum absolute atomic E-state index is 0.0594. The van der Waals surface area contributed by atoms with Crippen LogP contribution >= 0.6 is 0 Å². The number of carbonyl (C=O) groups excluding carboxylic acids is 1. The molecular formula is C26H36N2O4. The molecule has 2 aromatic rings. The van der Waals surface area contributed by atoms with Crippen molar-refractivity contribution in [3.05, 3.63) is 59.0 Å². The highest BCUT2D eigenvalue weighted by Crippen LogP contribution is 2.52. The highest BCUT2D eigenvalue weighted by Gasteiger charge is 2.54. The van der Waals surface area contributed by atoms with E-state index >= 15 is 0 Å². The molecule has 1 N–H and O–H groups in total. The van der Waals surface area contributed by atoms with E-state index in [2.05, 4.69) is 53.5 Å². The molecule has 2 aliphatic rings. The van der Waals surface area contributed by atoms with Gasteiger partial charge in [0.1, 0.15) is 11.5 Å². The number of furan rings is 1. The molecular weight excluding hydrogens is 404 g/mol. The molecule has 1 aromatic heterocycles. The second-order valence-electron chi connectivity index (χ2n) is 8.92. The molecule has 0 saturated carbocycles. The van der Waals surface area contributed by atoms with Gasteiger partial charge in [0.2, 0.25) is 5.91 Å². The average molecular weight is 441 g/mol. The van der Waals surface area contributed by atoms with Gasteiger partial charge in [0.25, 0.3) is 0 Å². The molecule has 1 spiro atoms. The number of amides is 1. The van der Waals surface area contributed by atoms with Gasteiger partial charge in [-0.1, -0.05) is 38.1 Å². The van der Waals surface area contributed by atoms with Crippen LogP contribution in [0.2, 0.25) is 0 Å². The first-order chi connectivity index (χ1) is 15.6. The first kappa shape index (κ1) is 23.0. The van der Waals surface area contributed by atoms with Crippen LogP contribution in [0, 0.1) is 0 Å². The first-order valence-electron chi connectivity index (χ1n) is 11.9. The van der Waals surface area contributed by atoms with Crippen molar-refractivity contribution < 1.29 is 18.7 Å². The quantitative estimate of drug-likeness (QED) is 0.598. The molecule has 4 rings (SSSR count). The minimum atomic E-state index is -0.126. The largest absolute Gasteiger partial charge is 0.465 e. The standard InChI is InChI=1S/C26H36N2O4/c1-4-19-10-11-20(32-19)18-28-14-12-26(13-15-28)22-9-7-6-8-21(22)24(27-23(29)5-2)25(26)31-17-16-30-3/h6-11,24-25H,4-5,12-18H2,1-3H3,(H,27,29)/t24-,25+/m1/s1. The number of nitrogens with zero attached hydrogens (tertiary/aromatic N) is 1. The Morgan fingerprint density at radius 2 is 1.88 bits per heavy atom. The Labute approximate surface area is 191 Å². The van der Waals surface area contributed by atoms with Crippen LogP contribution in [0.25, 0.3) is 0 Å². The molecule has 1 aliphatic carbocycles. The van der Waals surface area contributed by atoms with Crippen molar-refractivity contribution in [1.29, 1.82) is 0 Å². The summed E-state index contributed by atoms with van der Waals surface area (Å²) in [6, 6.07) is 12.6. The van der Waals surface area contributed by atoms with E-state index in [-0.39, 0.29) is 23.5 Å². The van der Waals surface area contributed by atoms with Gasteiger partial charge in [0.15, 0.2) is 0 Å². The number of hydrogen-bond donors (Lipinski definition) is 1. The summed E-state index contributed by atoms with van der Waals surface area (Å²) in [4.78, 5) is 14.9. The molecule has 32 heavy (non-hydrogen) atoms. The SMILES string of the molecule is CCC(=O)N[C@@H]1c2ccccc2C2(CCN(Cc3ccc(CC)o3)CC2)[C@H]1OCCOC. The second kappa shape index (κ2) is 10.2. The van der Waals surface area contributed by atoms with Gasteiger partial charge in [-0.25, -0.2) is 0 Å². The minimum Gasteiger partial charge on any atom is -0.465 e. The van der Waals surface area contributed by atoms with Crippen LogP contribution < -0.4 is 5.32 Å². The Morgan fingerprint density at radius 3 is 2.56 bits per heavy atom. The molecule has 174 valence electrons. The highest BCUT2D eigenvalue weighted by atomic mass is 16.5. The van der Waals surface area contributed by atoms with E-state index in [4.69, 9.17) is 13.9 Å².